The predicted octanol–water partition coefficient (Wildman–Crippen LogP) is -0.114. The third-order valence-electron chi connectivity index (χ3n) is 0.869. The van der Waals surface area contributed by atoms with Gasteiger partial charge in [-0.2, -0.15) is 0 Å². The number of hydrogen-bond donors (Lipinski definition) is 2. The van der Waals surface area contributed by atoms with E-state index in [-0.39, 0.29) is 0 Å². The minimum atomic E-state index is -1.22. The highest BCUT2D eigenvalue weighted by atomic mass is 16.5. The van der Waals surface area contributed by atoms with E-state index in [1.54, 1.807) is 0 Å². The second-order valence-corrected chi connectivity index (χ2v) is 1.88. The maximum atomic E-state index is 8.33. The number of rotatable bonds is 5. The fourth-order valence-corrected chi connectivity index (χ4v) is 0.435. The lowest BCUT2D eigenvalue weighted by atomic mass is 9.87. The van der Waals surface area contributed by atoms with Gasteiger partial charge in [-0.05, 0) is 6.42 Å². The Kier molecular flexibility index (Phi) is 6.03. The monoisotopic (exact) mass is 132 g/mol. The Morgan fingerprint density at radius 2 is 2.00 bits per heavy atom. The molecular formula is C5H13BO3. The Morgan fingerprint density at radius 1 is 1.33 bits per heavy atom. The lowest BCUT2D eigenvalue weighted by molar-refractivity contribution is 0.143. The van der Waals surface area contributed by atoms with Crippen LogP contribution in [0.5, 0.6) is 0 Å². The normalized spacial score (nSPS) is 9.67. The van der Waals surface area contributed by atoms with Gasteiger partial charge < -0.3 is 14.8 Å². The van der Waals surface area contributed by atoms with Gasteiger partial charge in [-0.3, -0.25) is 0 Å². The first-order valence-corrected chi connectivity index (χ1v) is 3.21. The van der Waals surface area contributed by atoms with Crippen LogP contribution >= 0.6 is 0 Å². The molecular weight excluding hydrogens is 119 g/mol. The van der Waals surface area contributed by atoms with Gasteiger partial charge >= 0.3 is 7.12 Å². The van der Waals surface area contributed by atoms with E-state index in [2.05, 4.69) is 0 Å². The average Bonchev–Trinajstić information content (AvgIpc) is 1.80. The van der Waals surface area contributed by atoms with Gasteiger partial charge in [0.15, 0.2) is 0 Å². The molecule has 0 aliphatic carbocycles. The van der Waals surface area contributed by atoms with Crippen LogP contribution in [0.25, 0.3) is 0 Å². The fraction of sp³-hybridized carbons (Fsp3) is 1.00. The van der Waals surface area contributed by atoms with Crippen molar-refractivity contribution in [3.05, 3.63) is 0 Å². The molecule has 3 nitrogen and oxygen atoms in total. The molecule has 54 valence electrons. The number of ether oxygens (including phenoxy) is 1. The molecule has 0 fully saturated rings. The van der Waals surface area contributed by atoms with Gasteiger partial charge in [0.05, 0.1) is 0 Å². The van der Waals surface area contributed by atoms with Gasteiger partial charge in [-0.15, -0.1) is 0 Å². The molecule has 4 heteroatoms. The minimum absolute atomic E-state index is 0.306. The van der Waals surface area contributed by atoms with Gasteiger partial charge in [0.2, 0.25) is 0 Å². The maximum Gasteiger partial charge on any atom is 0.453 e. The Hall–Kier alpha value is -0.0551. The van der Waals surface area contributed by atoms with Crippen molar-refractivity contribution in [2.24, 2.45) is 0 Å². The summed E-state index contributed by atoms with van der Waals surface area (Å²) in [6.07, 6.45) is 1.28. The molecule has 0 saturated carbocycles. The largest absolute Gasteiger partial charge is 0.453 e. The van der Waals surface area contributed by atoms with Crippen LogP contribution < -0.4 is 0 Å². The van der Waals surface area contributed by atoms with Crippen LogP contribution in [0, 0.1) is 0 Å². The smallest absolute Gasteiger partial charge is 0.427 e. The summed E-state index contributed by atoms with van der Waals surface area (Å²) in [5.74, 6) is 0. The van der Waals surface area contributed by atoms with Crippen molar-refractivity contribution in [2.45, 2.75) is 19.7 Å². The fourth-order valence-electron chi connectivity index (χ4n) is 0.435. The van der Waals surface area contributed by atoms with Crippen LogP contribution in [-0.2, 0) is 4.74 Å². The molecule has 0 aliphatic rings. The molecule has 0 heterocycles. The zero-order valence-corrected chi connectivity index (χ0v) is 5.71. The lowest BCUT2D eigenvalue weighted by Crippen LogP contribution is -2.13. The van der Waals surface area contributed by atoms with E-state index in [1.807, 2.05) is 6.92 Å². The molecule has 0 saturated heterocycles. The van der Waals surface area contributed by atoms with Crippen LogP contribution in [0.1, 0.15) is 13.3 Å². The standard InChI is InChI=1S/C5H13BO3/c1-2-4-9-5-3-6(7)8/h7-8H,2-5H2,1H3. The summed E-state index contributed by atoms with van der Waals surface area (Å²) in [6.45, 7) is 3.15. The van der Waals surface area contributed by atoms with Crippen LogP contribution in [-0.4, -0.2) is 30.4 Å². The molecule has 0 bridgehead atoms. The average molecular weight is 132 g/mol. The quantitative estimate of drug-likeness (QED) is 0.405. The van der Waals surface area contributed by atoms with Crippen molar-refractivity contribution in [1.29, 1.82) is 0 Å². The van der Waals surface area contributed by atoms with Crippen molar-refractivity contribution in [3.63, 3.8) is 0 Å². The zero-order chi connectivity index (χ0) is 7.11. The highest BCUT2D eigenvalue weighted by Gasteiger charge is 2.04. The summed E-state index contributed by atoms with van der Waals surface area (Å²) >= 11 is 0. The van der Waals surface area contributed by atoms with Crippen molar-refractivity contribution in [3.8, 4) is 0 Å². The Morgan fingerprint density at radius 3 is 2.44 bits per heavy atom. The van der Waals surface area contributed by atoms with Crippen LogP contribution in [0.4, 0.5) is 0 Å². The van der Waals surface area contributed by atoms with E-state index in [0.717, 1.165) is 6.42 Å². The van der Waals surface area contributed by atoms with E-state index in [0.29, 0.717) is 19.5 Å². The van der Waals surface area contributed by atoms with E-state index < -0.39 is 7.12 Å². The van der Waals surface area contributed by atoms with Crippen LogP contribution in [0.15, 0.2) is 0 Å². The van der Waals surface area contributed by atoms with Crippen LogP contribution in [0.2, 0.25) is 6.32 Å². The van der Waals surface area contributed by atoms with Crippen molar-refractivity contribution < 1.29 is 14.8 Å². The van der Waals surface area contributed by atoms with E-state index in [1.165, 1.54) is 0 Å². The van der Waals surface area contributed by atoms with Gasteiger partial charge in [-0.1, -0.05) is 6.92 Å². The molecule has 0 aromatic rings. The Labute approximate surface area is 55.8 Å². The second-order valence-electron chi connectivity index (χ2n) is 1.88. The molecule has 9 heavy (non-hydrogen) atoms. The molecule has 0 rings (SSSR count). The molecule has 0 aromatic heterocycles. The summed E-state index contributed by atoms with van der Waals surface area (Å²) in [5.41, 5.74) is 0. The highest BCUT2D eigenvalue weighted by molar-refractivity contribution is 6.41. The minimum Gasteiger partial charge on any atom is -0.427 e. The van der Waals surface area contributed by atoms with Crippen LogP contribution in [0.3, 0.4) is 0 Å². The van der Waals surface area contributed by atoms with Crippen molar-refractivity contribution in [2.75, 3.05) is 13.2 Å². The third-order valence-corrected chi connectivity index (χ3v) is 0.869. The molecule has 0 radical (unpaired) electrons. The summed E-state index contributed by atoms with van der Waals surface area (Å²) in [7, 11) is -1.22. The number of hydrogen-bond acceptors (Lipinski definition) is 3. The summed E-state index contributed by atoms with van der Waals surface area (Å²) < 4.78 is 4.97. The van der Waals surface area contributed by atoms with E-state index in [4.69, 9.17) is 14.8 Å². The Bertz CT molecular complexity index is 58.2. The lowest BCUT2D eigenvalue weighted by Gasteiger charge is -1.99. The molecule has 0 unspecified atom stereocenters. The van der Waals surface area contributed by atoms with E-state index >= 15 is 0 Å². The first-order chi connectivity index (χ1) is 4.27. The topological polar surface area (TPSA) is 49.7 Å². The zero-order valence-electron chi connectivity index (χ0n) is 5.71. The molecule has 0 amide bonds. The van der Waals surface area contributed by atoms with Gasteiger partial charge in [0, 0.05) is 19.5 Å². The van der Waals surface area contributed by atoms with Gasteiger partial charge in [0.25, 0.3) is 0 Å². The SMILES string of the molecule is CCCOCCB(O)O. The summed E-state index contributed by atoms with van der Waals surface area (Å²) in [6, 6.07) is 0. The summed E-state index contributed by atoms with van der Waals surface area (Å²) in [5, 5.41) is 16.7. The highest BCUT2D eigenvalue weighted by Crippen LogP contribution is 1.86. The second kappa shape index (κ2) is 6.07. The summed E-state index contributed by atoms with van der Waals surface area (Å²) in [4.78, 5) is 0. The third kappa shape index (κ3) is 7.94. The molecule has 2 N–H and O–H groups in total. The maximum absolute atomic E-state index is 8.33. The Balaban J connectivity index is 2.75. The predicted molar refractivity (Wildman–Crippen MR) is 36.1 cm³/mol. The van der Waals surface area contributed by atoms with Gasteiger partial charge in [0.1, 0.15) is 0 Å². The van der Waals surface area contributed by atoms with E-state index in [9.17, 15) is 0 Å². The van der Waals surface area contributed by atoms with Crippen molar-refractivity contribution in [1.82, 2.24) is 0 Å². The first-order valence-electron chi connectivity index (χ1n) is 3.21. The molecule has 0 aliphatic heterocycles. The van der Waals surface area contributed by atoms with Crippen molar-refractivity contribution >= 4 is 7.12 Å². The molecule has 0 aromatic carbocycles. The first kappa shape index (κ1) is 8.94. The molecule has 0 spiro atoms. The van der Waals surface area contributed by atoms with Gasteiger partial charge in [-0.25, -0.2) is 0 Å². The molecule has 0 atom stereocenters.